The van der Waals surface area contributed by atoms with Gasteiger partial charge in [0.05, 0.1) is 32.8 Å². The van der Waals surface area contributed by atoms with E-state index >= 15 is 0 Å². The molecule has 0 amide bonds. The van der Waals surface area contributed by atoms with Gasteiger partial charge in [-0.25, -0.2) is 15.0 Å². The van der Waals surface area contributed by atoms with E-state index in [0.717, 1.165) is 61.7 Å². The van der Waals surface area contributed by atoms with Gasteiger partial charge in [0.25, 0.3) is 0 Å². The molecule has 0 aliphatic rings. The number of hydrogen-bond acceptors (Lipinski definition) is 4. The zero-order valence-electron chi connectivity index (χ0n) is 30.2. The lowest BCUT2D eigenvalue weighted by molar-refractivity contribution is 1.18. The Hall–Kier alpha value is -7.21. The Bertz CT molecular complexity index is 3160. The fraction of sp³-hybridized carbons (Fsp3) is 0. The largest absolute Gasteiger partial charge is 0.301 e. The monoisotopic (exact) mass is 732 g/mol. The molecular formula is C51H32N4S. The van der Waals surface area contributed by atoms with Gasteiger partial charge in [0, 0.05) is 49.5 Å². The maximum atomic E-state index is 5.44. The first kappa shape index (κ1) is 32.2. The van der Waals surface area contributed by atoms with E-state index < -0.39 is 0 Å². The van der Waals surface area contributed by atoms with Gasteiger partial charge in [-0.3, -0.25) is 0 Å². The van der Waals surface area contributed by atoms with Crippen molar-refractivity contribution in [3.05, 3.63) is 194 Å². The minimum Gasteiger partial charge on any atom is -0.301 e. The summed E-state index contributed by atoms with van der Waals surface area (Å²) in [6, 6.07) is 68.1. The highest BCUT2D eigenvalue weighted by atomic mass is 32.1. The molecule has 0 aliphatic carbocycles. The number of aromatic nitrogens is 4. The number of thiophene rings is 1. The second kappa shape index (κ2) is 13.3. The fourth-order valence-electron chi connectivity index (χ4n) is 8.04. The summed E-state index contributed by atoms with van der Waals surface area (Å²) in [6.45, 7) is 0. The van der Waals surface area contributed by atoms with E-state index in [4.69, 9.17) is 15.0 Å². The maximum Gasteiger partial charge on any atom is 0.160 e. The smallest absolute Gasteiger partial charge is 0.160 e. The zero-order valence-corrected chi connectivity index (χ0v) is 31.0. The molecule has 4 heterocycles. The van der Waals surface area contributed by atoms with Crippen molar-refractivity contribution in [2.45, 2.75) is 0 Å². The van der Waals surface area contributed by atoms with Crippen LogP contribution < -0.4 is 0 Å². The highest BCUT2D eigenvalue weighted by Crippen LogP contribution is 2.48. The van der Waals surface area contributed by atoms with Crippen LogP contribution in [0.2, 0.25) is 0 Å². The average Bonchev–Trinajstić information content (AvgIpc) is 3.82. The third-order valence-corrected chi connectivity index (χ3v) is 11.8. The van der Waals surface area contributed by atoms with Crippen molar-refractivity contribution >= 4 is 53.4 Å². The summed E-state index contributed by atoms with van der Waals surface area (Å²) < 4.78 is 3.61. The molecule has 0 aliphatic heterocycles. The molecule has 4 aromatic heterocycles. The van der Waals surface area contributed by atoms with Crippen LogP contribution in [-0.2, 0) is 0 Å². The molecule has 262 valence electrons. The maximum absolute atomic E-state index is 5.44. The van der Waals surface area contributed by atoms with Gasteiger partial charge in [-0.15, -0.1) is 11.3 Å². The summed E-state index contributed by atoms with van der Waals surface area (Å²) in [5.74, 6) is 0.707. The predicted molar refractivity (Wildman–Crippen MR) is 234 cm³/mol. The molecular weight excluding hydrogens is 701 g/mol. The molecule has 0 spiro atoms. The number of rotatable bonds is 6. The van der Waals surface area contributed by atoms with Crippen LogP contribution in [0.4, 0.5) is 0 Å². The lowest BCUT2D eigenvalue weighted by Gasteiger charge is -2.13. The second-order valence-corrected chi connectivity index (χ2v) is 15.0. The zero-order chi connectivity index (χ0) is 37.0. The van der Waals surface area contributed by atoms with Crippen LogP contribution in [0.1, 0.15) is 0 Å². The van der Waals surface area contributed by atoms with Gasteiger partial charge in [0.1, 0.15) is 4.83 Å². The summed E-state index contributed by atoms with van der Waals surface area (Å²) in [5.41, 5.74) is 12.6. The Kier molecular flexibility index (Phi) is 7.64. The van der Waals surface area contributed by atoms with E-state index in [1.54, 1.807) is 0 Å². The Morgan fingerprint density at radius 2 is 0.964 bits per heavy atom. The van der Waals surface area contributed by atoms with Crippen LogP contribution in [0.25, 0.3) is 104 Å². The minimum atomic E-state index is 0.707. The van der Waals surface area contributed by atoms with Gasteiger partial charge in [-0.2, -0.15) is 0 Å². The van der Waals surface area contributed by atoms with Crippen LogP contribution in [0.3, 0.4) is 0 Å². The number of para-hydroxylation sites is 3. The third kappa shape index (κ3) is 5.32. The van der Waals surface area contributed by atoms with Gasteiger partial charge in [-0.1, -0.05) is 164 Å². The third-order valence-electron chi connectivity index (χ3n) is 10.6. The fourth-order valence-corrected chi connectivity index (χ4v) is 9.41. The van der Waals surface area contributed by atoms with E-state index in [1.165, 1.54) is 36.6 Å². The highest BCUT2D eigenvalue weighted by molar-refractivity contribution is 7.26. The lowest BCUT2D eigenvalue weighted by Crippen LogP contribution is -1.96. The molecule has 0 bridgehead atoms. The topological polar surface area (TPSA) is 43.6 Å². The molecule has 4 nitrogen and oxygen atoms in total. The Morgan fingerprint density at radius 1 is 0.411 bits per heavy atom. The SMILES string of the molecule is c1ccc(-c2cc(-c3ccc(-c4ccccc4-c4nc5ccccc5c5c4sc4c5c5ccccc5n4-c4ccccc4)cc3)nc(-c3ccccc3)n2)cc1. The van der Waals surface area contributed by atoms with Gasteiger partial charge >= 0.3 is 0 Å². The van der Waals surface area contributed by atoms with Gasteiger partial charge in [0.2, 0.25) is 0 Å². The number of fused-ring (bicyclic) bond motifs is 7. The second-order valence-electron chi connectivity index (χ2n) is 14.0. The molecule has 11 aromatic rings. The van der Waals surface area contributed by atoms with E-state index in [0.29, 0.717) is 5.82 Å². The molecule has 0 N–H and O–H groups in total. The van der Waals surface area contributed by atoms with Crippen LogP contribution >= 0.6 is 11.3 Å². The van der Waals surface area contributed by atoms with Crippen LogP contribution in [0.5, 0.6) is 0 Å². The lowest BCUT2D eigenvalue weighted by atomic mass is 9.94. The first-order valence-electron chi connectivity index (χ1n) is 18.8. The standard InChI is InChI=1S/C51H32N4S/c1-4-16-34(17-5-1)43-32-44(54-50(53-43)36-18-6-2-7-19-36)35-30-28-33(29-31-35)38-22-10-11-23-39(38)48-49-46(40-24-12-14-26-42(40)52-48)47-41-25-13-15-27-45(41)55(51(47)56-49)37-20-8-3-9-21-37/h1-32H. The molecule has 0 atom stereocenters. The average molecular weight is 733 g/mol. The quantitative estimate of drug-likeness (QED) is 0.171. The number of pyridine rings is 1. The molecule has 0 unspecified atom stereocenters. The Labute approximate surface area is 327 Å². The van der Waals surface area contributed by atoms with Crippen LogP contribution in [0, 0.1) is 0 Å². The van der Waals surface area contributed by atoms with E-state index in [9.17, 15) is 0 Å². The molecule has 0 fully saturated rings. The van der Waals surface area contributed by atoms with Crippen molar-refractivity contribution in [1.29, 1.82) is 0 Å². The Balaban J connectivity index is 1.09. The van der Waals surface area contributed by atoms with Gasteiger partial charge in [0.15, 0.2) is 5.82 Å². The van der Waals surface area contributed by atoms with Gasteiger partial charge in [-0.05, 0) is 41.5 Å². The summed E-state index contributed by atoms with van der Waals surface area (Å²) in [7, 11) is 0. The normalized spacial score (nSPS) is 11.6. The van der Waals surface area contributed by atoms with Crippen molar-refractivity contribution in [2.75, 3.05) is 0 Å². The first-order chi connectivity index (χ1) is 27.8. The molecule has 56 heavy (non-hydrogen) atoms. The van der Waals surface area contributed by atoms with E-state index in [1.807, 2.05) is 47.7 Å². The summed E-state index contributed by atoms with van der Waals surface area (Å²) >= 11 is 1.83. The summed E-state index contributed by atoms with van der Waals surface area (Å²) in [4.78, 5) is 16.7. The van der Waals surface area contributed by atoms with Crippen molar-refractivity contribution in [3.8, 4) is 62.0 Å². The molecule has 5 heteroatoms. The molecule has 0 saturated carbocycles. The molecule has 0 radical (unpaired) electrons. The van der Waals surface area contributed by atoms with Gasteiger partial charge < -0.3 is 4.57 Å². The summed E-state index contributed by atoms with van der Waals surface area (Å²) in [6.07, 6.45) is 0. The predicted octanol–water partition coefficient (Wildman–Crippen LogP) is 13.7. The number of nitrogens with zero attached hydrogens (tertiary/aromatic N) is 4. The molecule has 7 aromatic carbocycles. The van der Waals surface area contributed by atoms with Crippen molar-refractivity contribution in [3.63, 3.8) is 0 Å². The minimum absolute atomic E-state index is 0.707. The van der Waals surface area contributed by atoms with Crippen molar-refractivity contribution < 1.29 is 0 Å². The van der Waals surface area contributed by atoms with Crippen LogP contribution in [0.15, 0.2) is 194 Å². The number of benzene rings is 7. The van der Waals surface area contributed by atoms with E-state index in [2.05, 4.69) is 162 Å². The highest BCUT2D eigenvalue weighted by Gasteiger charge is 2.23. The first-order valence-corrected chi connectivity index (χ1v) is 19.6. The molecule has 0 saturated heterocycles. The summed E-state index contributed by atoms with van der Waals surface area (Å²) in [5, 5.41) is 4.96. The van der Waals surface area contributed by atoms with Crippen molar-refractivity contribution in [1.82, 2.24) is 19.5 Å². The van der Waals surface area contributed by atoms with Crippen LogP contribution in [-0.4, -0.2) is 19.5 Å². The Morgan fingerprint density at radius 3 is 1.70 bits per heavy atom. The van der Waals surface area contributed by atoms with E-state index in [-0.39, 0.29) is 0 Å². The molecule has 11 rings (SSSR count). The number of hydrogen-bond donors (Lipinski definition) is 0. The van der Waals surface area contributed by atoms with Crippen molar-refractivity contribution in [2.24, 2.45) is 0 Å².